The first-order chi connectivity index (χ1) is 12.5. The Morgan fingerprint density at radius 2 is 1.70 bits per heavy atom. The van der Waals surface area contributed by atoms with E-state index >= 15 is 0 Å². The van der Waals surface area contributed by atoms with Gasteiger partial charge in [-0.3, -0.25) is 4.90 Å². The monoisotopic (exact) mass is 384 g/mol. The minimum atomic E-state index is -0.443. The van der Waals surface area contributed by atoms with Crippen LogP contribution in [0.15, 0.2) is 0 Å². The Hall–Kier alpha value is -0.240. The predicted molar refractivity (Wildman–Crippen MR) is 106 cm³/mol. The molecular formula is C21H40N2O4. The molecule has 0 aromatic carbocycles. The molecule has 5 atom stereocenters. The van der Waals surface area contributed by atoms with Gasteiger partial charge in [-0.2, -0.15) is 0 Å². The van der Waals surface area contributed by atoms with Crippen LogP contribution in [0.2, 0.25) is 0 Å². The quantitative estimate of drug-likeness (QED) is 0.784. The van der Waals surface area contributed by atoms with Crippen molar-refractivity contribution in [2.45, 2.75) is 96.1 Å². The number of hydrogen-bond acceptors (Lipinski definition) is 6. The summed E-state index contributed by atoms with van der Waals surface area (Å²) >= 11 is 0. The normalized spacial score (nSPS) is 38.3. The van der Waals surface area contributed by atoms with Gasteiger partial charge in [0.05, 0.1) is 30.0 Å². The van der Waals surface area contributed by atoms with Crippen LogP contribution in [0.3, 0.4) is 0 Å². The molecule has 1 N–H and O–H groups in total. The van der Waals surface area contributed by atoms with Crippen molar-refractivity contribution in [3.63, 3.8) is 0 Å². The molecule has 3 fully saturated rings. The van der Waals surface area contributed by atoms with E-state index in [4.69, 9.17) is 18.9 Å². The van der Waals surface area contributed by atoms with Crippen molar-refractivity contribution in [3.05, 3.63) is 0 Å². The second-order valence-corrected chi connectivity index (χ2v) is 10.4. The minimum Gasteiger partial charge on any atom is -0.373 e. The van der Waals surface area contributed by atoms with Crippen LogP contribution in [0.5, 0.6) is 0 Å². The third-order valence-electron chi connectivity index (χ3n) is 5.55. The third kappa shape index (κ3) is 5.22. The van der Waals surface area contributed by atoms with Crippen molar-refractivity contribution in [2.75, 3.05) is 39.3 Å². The van der Waals surface area contributed by atoms with Gasteiger partial charge >= 0.3 is 0 Å². The first-order valence-corrected chi connectivity index (χ1v) is 10.6. The highest BCUT2D eigenvalue weighted by molar-refractivity contribution is 5.11. The molecular weight excluding hydrogens is 344 g/mol. The molecule has 3 aliphatic heterocycles. The second-order valence-electron chi connectivity index (χ2n) is 10.4. The molecule has 0 amide bonds. The van der Waals surface area contributed by atoms with Crippen molar-refractivity contribution >= 4 is 0 Å². The lowest BCUT2D eigenvalue weighted by atomic mass is 9.87. The Labute approximate surface area is 165 Å². The Morgan fingerprint density at radius 3 is 2.30 bits per heavy atom. The molecule has 3 heterocycles. The van der Waals surface area contributed by atoms with Crippen LogP contribution in [-0.2, 0) is 18.9 Å². The number of ether oxygens (including phenoxy) is 4. The zero-order valence-electron chi connectivity index (χ0n) is 18.3. The molecule has 3 saturated heterocycles. The third-order valence-corrected chi connectivity index (χ3v) is 5.55. The fourth-order valence-electron chi connectivity index (χ4n) is 4.64. The molecule has 158 valence electrons. The van der Waals surface area contributed by atoms with Gasteiger partial charge in [0.2, 0.25) is 0 Å². The molecule has 0 bridgehead atoms. The van der Waals surface area contributed by atoms with Crippen molar-refractivity contribution < 1.29 is 18.9 Å². The second kappa shape index (κ2) is 7.88. The van der Waals surface area contributed by atoms with Crippen molar-refractivity contribution in [1.29, 1.82) is 0 Å². The van der Waals surface area contributed by atoms with Gasteiger partial charge in [0, 0.05) is 39.1 Å². The maximum absolute atomic E-state index is 6.72. The lowest BCUT2D eigenvalue weighted by molar-refractivity contribution is -0.185. The fraction of sp³-hybridized carbons (Fsp3) is 1.00. The Balaban J connectivity index is 1.76. The van der Waals surface area contributed by atoms with Crippen LogP contribution >= 0.6 is 0 Å². The lowest BCUT2D eigenvalue weighted by Crippen LogP contribution is -2.53. The topological polar surface area (TPSA) is 52.2 Å². The molecule has 3 aliphatic rings. The summed E-state index contributed by atoms with van der Waals surface area (Å²) in [5.41, 5.74) is -0.909. The molecule has 1 unspecified atom stereocenters. The summed E-state index contributed by atoms with van der Waals surface area (Å²) in [6.45, 7) is 20.5. The van der Waals surface area contributed by atoms with Crippen molar-refractivity contribution in [2.24, 2.45) is 0 Å². The fourth-order valence-corrected chi connectivity index (χ4v) is 4.64. The summed E-state index contributed by atoms with van der Waals surface area (Å²) in [6, 6.07) is 0. The molecule has 6 heteroatoms. The van der Waals surface area contributed by atoms with E-state index in [2.05, 4.69) is 58.7 Å². The Kier molecular flexibility index (Phi) is 6.27. The summed E-state index contributed by atoms with van der Waals surface area (Å²) in [5.74, 6) is 0. The van der Waals surface area contributed by atoms with Crippen LogP contribution in [-0.4, -0.2) is 85.4 Å². The molecule has 0 saturated carbocycles. The number of hydrogen-bond donors (Lipinski definition) is 1. The van der Waals surface area contributed by atoms with Crippen LogP contribution in [0.4, 0.5) is 0 Å². The van der Waals surface area contributed by atoms with E-state index in [1.54, 1.807) is 0 Å². The highest BCUT2D eigenvalue weighted by atomic mass is 16.6. The van der Waals surface area contributed by atoms with Gasteiger partial charge in [0.1, 0.15) is 17.8 Å². The van der Waals surface area contributed by atoms with Crippen LogP contribution in [0.25, 0.3) is 0 Å². The summed E-state index contributed by atoms with van der Waals surface area (Å²) in [7, 11) is 0. The number of nitrogens with one attached hydrogen (secondary N) is 1. The van der Waals surface area contributed by atoms with E-state index in [1.807, 2.05) is 0 Å². The maximum Gasteiger partial charge on any atom is 0.128 e. The van der Waals surface area contributed by atoms with E-state index < -0.39 is 5.60 Å². The number of rotatable bonds is 5. The molecule has 0 spiro atoms. The van der Waals surface area contributed by atoms with Gasteiger partial charge in [-0.25, -0.2) is 0 Å². The van der Waals surface area contributed by atoms with E-state index in [0.717, 1.165) is 39.1 Å². The average molecular weight is 385 g/mol. The Bertz CT molecular complexity index is 495. The summed E-state index contributed by atoms with van der Waals surface area (Å²) < 4.78 is 25.7. The molecule has 0 radical (unpaired) electrons. The van der Waals surface area contributed by atoms with Crippen molar-refractivity contribution in [3.8, 4) is 0 Å². The molecule has 3 rings (SSSR count). The number of fused-ring (bicyclic) bond motifs is 1. The maximum atomic E-state index is 6.72. The minimum absolute atomic E-state index is 0.00828. The van der Waals surface area contributed by atoms with Gasteiger partial charge < -0.3 is 24.3 Å². The first-order valence-electron chi connectivity index (χ1n) is 10.6. The van der Waals surface area contributed by atoms with Crippen LogP contribution in [0, 0.1) is 0 Å². The van der Waals surface area contributed by atoms with Gasteiger partial charge in [-0.15, -0.1) is 0 Å². The van der Waals surface area contributed by atoms with Gasteiger partial charge in [-0.1, -0.05) is 0 Å². The zero-order valence-corrected chi connectivity index (χ0v) is 18.3. The molecule has 0 aromatic rings. The molecule has 0 aliphatic carbocycles. The summed E-state index contributed by atoms with van der Waals surface area (Å²) in [4.78, 5) is 2.50. The predicted octanol–water partition coefficient (Wildman–Crippen LogP) is 2.21. The van der Waals surface area contributed by atoms with Crippen molar-refractivity contribution in [1.82, 2.24) is 10.2 Å². The molecule has 6 nitrogen and oxygen atoms in total. The van der Waals surface area contributed by atoms with Gasteiger partial charge in [0.15, 0.2) is 0 Å². The smallest absolute Gasteiger partial charge is 0.128 e. The van der Waals surface area contributed by atoms with Gasteiger partial charge in [-0.05, 0) is 48.5 Å². The van der Waals surface area contributed by atoms with Gasteiger partial charge in [0.25, 0.3) is 0 Å². The standard InChI is InChI=1S/C21H40N2O4/c1-15-18-21(27-20(5,6)7,17(25-15)14-24-19(2,3)4)12-16(26-18)13-23-10-8-22-9-11-23/h15-18,22H,8-14H2,1-7H3/t15-,16+,17+,18-,21?/m0/s1. The van der Waals surface area contributed by atoms with Crippen LogP contribution in [0.1, 0.15) is 54.9 Å². The Morgan fingerprint density at radius 1 is 1.04 bits per heavy atom. The number of nitrogens with zero attached hydrogens (tertiary/aromatic N) is 1. The van der Waals surface area contributed by atoms with E-state index in [0.29, 0.717) is 6.61 Å². The van der Waals surface area contributed by atoms with E-state index in [9.17, 15) is 0 Å². The largest absolute Gasteiger partial charge is 0.373 e. The SMILES string of the molecule is C[C@@H]1O[C@H](COC(C)(C)C)C2(OC(C)(C)C)C[C@H](CN3CCNCC3)O[C@@H]12. The first kappa shape index (κ1) is 21.5. The highest BCUT2D eigenvalue weighted by Crippen LogP contribution is 2.48. The molecule has 27 heavy (non-hydrogen) atoms. The highest BCUT2D eigenvalue weighted by Gasteiger charge is 2.63. The average Bonchev–Trinajstić information content (AvgIpc) is 2.98. The summed E-state index contributed by atoms with van der Waals surface area (Å²) in [5, 5.41) is 3.42. The number of piperazine rings is 1. The lowest BCUT2D eigenvalue weighted by Gasteiger charge is -2.39. The molecule has 0 aromatic heterocycles. The van der Waals surface area contributed by atoms with Crippen LogP contribution < -0.4 is 5.32 Å². The van der Waals surface area contributed by atoms with E-state index in [-0.39, 0.29) is 35.6 Å². The van der Waals surface area contributed by atoms with E-state index in [1.165, 1.54) is 0 Å². The summed E-state index contributed by atoms with van der Waals surface area (Å²) in [6.07, 6.45) is 0.900. The zero-order chi connectivity index (χ0) is 19.9.